The summed E-state index contributed by atoms with van der Waals surface area (Å²) in [5, 5.41) is 2.82. The predicted molar refractivity (Wildman–Crippen MR) is 84.6 cm³/mol. The molecule has 0 fully saturated rings. The molecule has 1 aromatic rings. The van der Waals surface area contributed by atoms with Crippen LogP contribution >= 0.6 is 11.8 Å². The third-order valence-electron chi connectivity index (χ3n) is 2.53. The van der Waals surface area contributed by atoms with E-state index in [1.54, 1.807) is 23.6 Å². The molecule has 0 aromatic heterocycles. The standard InChI is InChI=1S/C16H18FNS/c1-5-7-8-13(3)16(19-6-2)18(4)15-11-9-14(17)10-12-15/h5-12H,1-2H2,3-4H3/b8-7-,16-13+. The van der Waals surface area contributed by atoms with Crippen LogP contribution in [-0.4, -0.2) is 7.05 Å². The molecule has 100 valence electrons. The Kier molecular flexibility index (Phi) is 6.16. The van der Waals surface area contributed by atoms with Crippen molar-refractivity contribution in [3.63, 3.8) is 0 Å². The molecule has 0 spiro atoms. The number of thioether (sulfide) groups is 1. The lowest BCUT2D eigenvalue weighted by Crippen LogP contribution is -2.15. The normalized spacial score (nSPS) is 12.2. The average molecular weight is 275 g/mol. The van der Waals surface area contributed by atoms with Gasteiger partial charge in [-0.3, -0.25) is 0 Å². The van der Waals surface area contributed by atoms with E-state index in [-0.39, 0.29) is 5.82 Å². The molecule has 3 heteroatoms. The van der Waals surface area contributed by atoms with Gasteiger partial charge < -0.3 is 4.90 Å². The fraction of sp³-hybridized carbons (Fsp3) is 0.125. The van der Waals surface area contributed by atoms with E-state index in [4.69, 9.17) is 0 Å². The summed E-state index contributed by atoms with van der Waals surface area (Å²) in [5.41, 5.74) is 2.02. The van der Waals surface area contributed by atoms with Crippen molar-refractivity contribution in [2.45, 2.75) is 6.92 Å². The van der Waals surface area contributed by atoms with Gasteiger partial charge in [-0.2, -0.15) is 0 Å². The van der Waals surface area contributed by atoms with Crippen molar-refractivity contribution in [3.05, 3.63) is 77.5 Å². The van der Waals surface area contributed by atoms with Crippen molar-refractivity contribution < 1.29 is 4.39 Å². The zero-order valence-corrected chi connectivity index (χ0v) is 12.1. The van der Waals surface area contributed by atoms with Gasteiger partial charge in [-0.1, -0.05) is 43.1 Å². The van der Waals surface area contributed by atoms with Crippen LogP contribution in [0, 0.1) is 5.82 Å². The fourth-order valence-electron chi connectivity index (χ4n) is 1.58. The maximum absolute atomic E-state index is 13.0. The first-order valence-electron chi connectivity index (χ1n) is 5.87. The molecule has 0 aliphatic carbocycles. The molecule has 1 rings (SSSR count). The first kappa shape index (κ1) is 15.3. The molecule has 0 unspecified atom stereocenters. The van der Waals surface area contributed by atoms with Gasteiger partial charge in [0.15, 0.2) is 0 Å². The van der Waals surface area contributed by atoms with E-state index in [0.717, 1.165) is 16.3 Å². The number of halogens is 1. The summed E-state index contributed by atoms with van der Waals surface area (Å²) >= 11 is 1.53. The van der Waals surface area contributed by atoms with Crippen molar-refractivity contribution in [1.82, 2.24) is 0 Å². The second-order valence-corrected chi connectivity index (χ2v) is 4.86. The van der Waals surface area contributed by atoms with Gasteiger partial charge in [-0.05, 0) is 42.2 Å². The lowest BCUT2D eigenvalue weighted by molar-refractivity contribution is 0.628. The van der Waals surface area contributed by atoms with E-state index in [0.29, 0.717) is 0 Å². The first-order valence-corrected chi connectivity index (χ1v) is 6.75. The van der Waals surface area contributed by atoms with Gasteiger partial charge in [-0.15, -0.1) is 0 Å². The lowest BCUT2D eigenvalue weighted by atomic mass is 10.2. The second-order valence-electron chi connectivity index (χ2n) is 3.90. The minimum absolute atomic E-state index is 0.234. The van der Waals surface area contributed by atoms with Crippen molar-refractivity contribution >= 4 is 17.4 Å². The Labute approximate surface area is 118 Å². The third kappa shape index (κ3) is 4.45. The number of anilines is 1. The summed E-state index contributed by atoms with van der Waals surface area (Å²) < 4.78 is 13.0. The number of nitrogens with zero attached hydrogens (tertiary/aromatic N) is 1. The van der Waals surface area contributed by atoms with E-state index in [1.165, 1.54) is 23.9 Å². The van der Waals surface area contributed by atoms with Gasteiger partial charge in [0.1, 0.15) is 5.82 Å². The average Bonchev–Trinajstić information content (AvgIpc) is 2.42. The summed E-state index contributed by atoms with van der Waals surface area (Å²) in [7, 11) is 1.95. The molecule has 0 radical (unpaired) electrons. The van der Waals surface area contributed by atoms with Crippen LogP contribution in [0.2, 0.25) is 0 Å². The highest BCUT2D eigenvalue weighted by Crippen LogP contribution is 2.29. The van der Waals surface area contributed by atoms with Crippen molar-refractivity contribution in [1.29, 1.82) is 0 Å². The molecule has 0 saturated carbocycles. The smallest absolute Gasteiger partial charge is 0.123 e. The highest BCUT2D eigenvalue weighted by molar-refractivity contribution is 8.05. The molecule has 19 heavy (non-hydrogen) atoms. The van der Waals surface area contributed by atoms with Crippen LogP contribution < -0.4 is 4.90 Å². The van der Waals surface area contributed by atoms with E-state index >= 15 is 0 Å². The van der Waals surface area contributed by atoms with Crippen LogP contribution in [0.1, 0.15) is 6.92 Å². The first-order chi connectivity index (χ1) is 9.10. The van der Waals surface area contributed by atoms with E-state index in [2.05, 4.69) is 13.2 Å². The van der Waals surface area contributed by atoms with Crippen LogP contribution in [0.4, 0.5) is 10.1 Å². The highest BCUT2D eigenvalue weighted by Gasteiger charge is 2.09. The fourth-order valence-corrected chi connectivity index (χ4v) is 2.26. The Morgan fingerprint density at radius 1 is 1.26 bits per heavy atom. The van der Waals surface area contributed by atoms with Gasteiger partial charge in [0, 0.05) is 12.7 Å². The summed E-state index contributed by atoms with van der Waals surface area (Å²) in [6.07, 6.45) is 5.61. The molecule has 0 bridgehead atoms. The number of rotatable bonds is 6. The van der Waals surface area contributed by atoms with E-state index in [1.807, 2.05) is 31.0 Å². The molecule has 0 atom stereocenters. The van der Waals surface area contributed by atoms with Crippen LogP contribution in [-0.2, 0) is 0 Å². The Bertz CT molecular complexity index is 500. The summed E-state index contributed by atoms with van der Waals surface area (Å²) in [6, 6.07) is 6.42. The van der Waals surface area contributed by atoms with Crippen LogP contribution in [0.5, 0.6) is 0 Å². The van der Waals surface area contributed by atoms with Gasteiger partial charge in [-0.25, -0.2) is 4.39 Å². The van der Waals surface area contributed by atoms with Crippen molar-refractivity contribution in [2.75, 3.05) is 11.9 Å². The molecule has 0 amide bonds. The quantitative estimate of drug-likeness (QED) is 0.663. The van der Waals surface area contributed by atoms with Gasteiger partial charge in [0.05, 0.1) is 5.03 Å². The molecule has 0 aliphatic heterocycles. The Hall–Kier alpha value is -1.74. The van der Waals surface area contributed by atoms with Crippen LogP contribution in [0.15, 0.2) is 71.7 Å². The largest absolute Gasteiger partial charge is 0.339 e. The number of hydrogen-bond acceptors (Lipinski definition) is 2. The van der Waals surface area contributed by atoms with Crippen LogP contribution in [0.3, 0.4) is 0 Å². The monoisotopic (exact) mass is 275 g/mol. The molecular formula is C16H18FNS. The molecule has 0 saturated heterocycles. The Balaban J connectivity index is 3.11. The molecule has 1 aromatic carbocycles. The zero-order valence-electron chi connectivity index (χ0n) is 11.3. The Morgan fingerprint density at radius 2 is 1.89 bits per heavy atom. The van der Waals surface area contributed by atoms with E-state index < -0.39 is 0 Å². The number of benzene rings is 1. The molecular weight excluding hydrogens is 257 g/mol. The minimum Gasteiger partial charge on any atom is -0.339 e. The molecule has 0 aliphatic rings. The summed E-state index contributed by atoms with van der Waals surface area (Å²) in [6.45, 7) is 9.43. The number of hydrogen-bond donors (Lipinski definition) is 0. The van der Waals surface area contributed by atoms with Gasteiger partial charge in [0.25, 0.3) is 0 Å². The molecule has 1 nitrogen and oxygen atoms in total. The zero-order chi connectivity index (χ0) is 14.3. The topological polar surface area (TPSA) is 3.24 Å². The van der Waals surface area contributed by atoms with Gasteiger partial charge in [0.2, 0.25) is 0 Å². The molecule has 0 heterocycles. The Morgan fingerprint density at radius 3 is 2.42 bits per heavy atom. The summed E-state index contributed by atoms with van der Waals surface area (Å²) in [5.74, 6) is -0.234. The predicted octanol–water partition coefficient (Wildman–Crippen LogP) is 5.11. The second kappa shape index (κ2) is 7.64. The third-order valence-corrected chi connectivity index (χ3v) is 3.52. The van der Waals surface area contributed by atoms with Gasteiger partial charge >= 0.3 is 0 Å². The number of allylic oxidation sites excluding steroid dienone is 4. The van der Waals surface area contributed by atoms with Crippen molar-refractivity contribution in [3.8, 4) is 0 Å². The SMILES string of the molecule is C=C/C=C\C(C)=C(\SC=C)N(C)c1ccc(F)cc1. The molecule has 0 N–H and O–H groups in total. The van der Waals surface area contributed by atoms with Crippen LogP contribution in [0.25, 0.3) is 0 Å². The maximum atomic E-state index is 13.0. The minimum atomic E-state index is -0.234. The summed E-state index contributed by atoms with van der Waals surface area (Å²) in [4.78, 5) is 2.01. The van der Waals surface area contributed by atoms with E-state index in [9.17, 15) is 4.39 Å². The highest BCUT2D eigenvalue weighted by atomic mass is 32.2. The lowest BCUT2D eigenvalue weighted by Gasteiger charge is -2.23. The van der Waals surface area contributed by atoms with Crippen molar-refractivity contribution in [2.24, 2.45) is 0 Å². The maximum Gasteiger partial charge on any atom is 0.123 e.